The molecule has 3 aromatic rings. The molecular weight excluding hydrogens is 210 g/mol. The Morgan fingerprint density at radius 2 is 2.00 bits per heavy atom. The topological polar surface area (TPSA) is 41.6 Å². The number of aromatic nitrogens is 3. The number of hydrogen-bond donors (Lipinski definition) is 1. The van der Waals surface area contributed by atoms with Crippen molar-refractivity contribution in [3.63, 3.8) is 0 Å². The smallest absolute Gasteiger partial charge is 0.177 e. The fourth-order valence-electron chi connectivity index (χ4n) is 1.93. The van der Waals surface area contributed by atoms with Crippen LogP contribution in [0.15, 0.2) is 42.6 Å². The van der Waals surface area contributed by atoms with Crippen molar-refractivity contribution in [2.45, 2.75) is 13.3 Å². The lowest BCUT2D eigenvalue weighted by molar-refractivity contribution is 1.03. The Balaban J connectivity index is 1.96. The Bertz CT molecular complexity index is 641. The molecule has 0 amide bonds. The van der Waals surface area contributed by atoms with Gasteiger partial charge in [0.1, 0.15) is 5.82 Å². The lowest BCUT2D eigenvalue weighted by Crippen LogP contribution is -1.89. The molecule has 2 aromatic heterocycles. The molecule has 0 unspecified atom stereocenters. The molecule has 84 valence electrons. The zero-order valence-electron chi connectivity index (χ0n) is 9.64. The van der Waals surface area contributed by atoms with Gasteiger partial charge in [0.05, 0.1) is 5.52 Å². The number of aryl methyl sites for hydroxylation is 1. The van der Waals surface area contributed by atoms with Crippen molar-refractivity contribution in [3.05, 3.63) is 59.5 Å². The fourth-order valence-corrected chi connectivity index (χ4v) is 1.93. The van der Waals surface area contributed by atoms with Crippen molar-refractivity contribution in [2.75, 3.05) is 0 Å². The largest absolute Gasteiger partial charge is 0.340 e. The SMILES string of the molecule is Cc1cnc2nc(Cc3ccccc3)[nH]c2c1. The molecule has 1 aromatic carbocycles. The van der Waals surface area contributed by atoms with E-state index in [0.29, 0.717) is 0 Å². The van der Waals surface area contributed by atoms with Gasteiger partial charge in [-0.15, -0.1) is 0 Å². The zero-order chi connectivity index (χ0) is 11.7. The highest BCUT2D eigenvalue weighted by Crippen LogP contribution is 2.13. The number of H-pyrrole nitrogens is 1. The quantitative estimate of drug-likeness (QED) is 0.725. The minimum Gasteiger partial charge on any atom is -0.340 e. The van der Waals surface area contributed by atoms with E-state index in [1.807, 2.05) is 31.3 Å². The first kappa shape index (κ1) is 10.0. The van der Waals surface area contributed by atoms with Crippen LogP contribution in [0.1, 0.15) is 17.0 Å². The Kier molecular flexibility index (Phi) is 2.37. The van der Waals surface area contributed by atoms with Crippen LogP contribution >= 0.6 is 0 Å². The van der Waals surface area contributed by atoms with Crippen LogP contribution < -0.4 is 0 Å². The second kappa shape index (κ2) is 4.01. The Morgan fingerprint density at radius 3 is 2.82 bits per heavy atom. The molecule has 3 rings (SSSR count). The number of benzene rings is 1. The van der Waals surface area contributed by atoms with E-state index in [-0.39, 0.29) is 0 Å². The summed E-state index contributed by atoms with van der Waals surface area (Å²) in [5.74, 6) is 0.962. The molecule has 0 saturated heterocycles. The standard InChI is InChI=1S/C14H13N3/c1-10-7-12-14(15-9-10)17-13(16-12)8-11-5-3-2-4-6-11/h2-7,9H,8H2,1H3,(H,15,16,17). The summed E-state index contributed by atoms with van der Waals surface area (Å²) >= 11 is 0. The summed E-state index contributed by atoms with van der Waals surface area (Å²) in [5.41, 5.74) is 4.20. The average Bonchev–Trinajstić information content (AvgIpc) is 2.71. The van der Waals surface area contributed by atoms with Crippen molar-refractivity contribution >= 4 is 11.2 Å². The van der Waals surface area contributed by atoms with Crippen molar-refractivity contribution in [1.29, 1.82) is 0 Å². The Labute approximate surface area is 99.5 Å². The van der Waals surface area contributed by atoms with Gasteiger partial charge in [-0.25, -0.2) is 9.97 Å². The van der Waals surface area contributed by atoms with E-state index in [0.717, 1.165) is 29.0 Å². The molecule has 3 heteroatoms. The predicted octanol–water partition coefficient (Wildman–Crippen LogP) is 2.86. The van der Waals surface area contributed by atoms with Gasteiger partial charge < -0.3 is 4.98 Å². The molecule has 1 N–H and O–H groups in total. The second-order valence-electron chi connectivity index (χ2n) is 4.23. The first-order valence-corrected chi connectivity index (χ1v) is 5.66. The van der Waals surface area contributed by atoms with Crippen molar-refractivity contribution in [1.82, 2.24) is 15.0 Å². The van der Waals surface area contributed by atoms with E-state index in [1.54, 1.807) is 0 Å². The van der Waals surface area contributed by atoms with E-state index >= 15 is 0 Å². The number of aromatic amines is 1. The molecule has 0 aliphatic carbocycles. The van der Waals surface area contributed by atoms with Crippen molar-refractivity contribution in [2.24, 2.45) is 0 Å². The van der Waals surface area contributed by atoms with Gasteiger partial charge in [-0.3, -0.25) is 0 Å². The van der Waals surface area contributed by atoms with E-state index in [9.17, 15) is 0 Å². The number of fused-ring (bicyclic) bond motifs is 1. The summed E-state index contributed by atoms with van der Waals surface area (Å²) in [5, 5.41) is 0. The molecule has 0 radical (unpaired) electrons. The van der Waals surface area contributed by atoms with Gasteiger partial charge in [0.25, 0.3) is 0 Å². The van der Waals surface area contributed by atoms with Crippen LogP contribution in [0, 0.1) is 6.92 Å². The summed E-state index contributed by atoms with van der Waals surface area (Å²) in [7, 11) is 0. The van der Waals surface area contributed by atoms with Crippen LogP contribution in [-0.4, -0.2) is 15.0 Å². The molecule has 0 fully saturated rings. The molecule has 0 saturated carbocycles. The van der Waals surface area contributed by atoms with Gasteiger partial charge in [0.2, 0.25) is 0 Å². The van der Waals surface area contributed by atoms with E-state index in [1.165, 1.54) is 5.56 Å². The summed E-state index contributed by atoms with van der Waals surface area (Å²) in [6.07, 6.45) is 2.66. The normalized spacial score (nSPS) is 10.9. The van der Waals surface area contributed by atoms with Crippen LogP contribution in [0.5, 0.6) is 0 Å². The van der Waals surface area contributed by atoms with Crippen LogP contribution in [0.3, 0.4) is 0 Å². The summed E-state index contributed by atoms with van der Waals surface area (Å²) in [6, 6.07) is 12.4. The number of pyridine rings is 1. The van der Waals surface area contributed by atoms with Gasteiger partial charge in [-0.1, -0.05) is 30.3 Å². The summed E-state index contributed by atoms with van der Waals surface area (Å²) in [4.78, 5) is 12.1. The lowest BCUT2D eigenvalue weighted by atomic mass is 10.1. The van der Waals surface area contributed by atoms with Crippen LogP contribution in [0.25, 0.3) is 11.2 Å². The lowest BCUT2D eigenvalue weighted by Gasteiger charge is -1.95. The maximum Gasteiger partial charge on any atom is 0.177 e. The maximum absolute atomic E-state index is 4.48. The predicted molar refractivity (Wildman–Crippen MR) is 67.9 cm³/mol. The van der Waals surface area contributed by atoms with E-state index in [4.69, 9.17) is 0 Å². The van der Waals surface area contributed by atoms with Crippen LogP contribution in [0.2, 0.25) is 0 Å². The monoisotopic (exact) mass is 223 g/mol. The van der Waals surface area contributed by atoms with Gasteiger partial charge >= 0.3 is 0 Å². The average molecular weight is 223 g/mol. The number of nitrogens with zero attached hydrogens (tertiary/aromatic N) is 2. The third-order valence-electron chi connectivity index (χ3n) is 2.74. The molecular formula is C14H13N3. The summed E-state index contributed by atoms with van der Waals surface area (Å²) < 4.78 is 0. The number of rotatable bonds is 2. The molecule has 0 aliphatic heterocycles. The van der Waals surface area contributed by atoms with E-state index < -0.39 is 0 Å². The molecule has 17 heavy (non-hydrogen) atoms. The molecule has 0 spiro atoms. The first-order valence-electron chi connectivity index (χ1n) is 5.66. The van der Waals surface area contributed by atoms with Crippen LogP contribution in [-0.2, 0) is 6.42 Å². The fraction of sp³-hybridized carbons (Fsp3) is 0.143. The third-order valence-corrected chi connectivity index (χ3v) is 2.74. The molecule has 0 aliphatic rings. The molecule has 2 heterocycles. The number of nitrogens with one attached hydrogen (secondary N) is 1. The van der Waals surface area contributed by atoms with E-state index in [2.05, 4.69) is 33.2 Å². The zero-order valence-corrected chi connectivity index (χ0v) is 9.64. The Hall–Kier alpha value is -2.16. The minimum atomic E-state index is 0.793. The highest BCUT2D eigenvalue weighted by atomic mass is 15.0. The molecule has 3 nitrogen and oxygen atoms in total. The maximum atomic E-state index is 4.48. The van der Waals surface area contributed by atoms with Gasteiger partial charge in [-0.2, -0.15) is 0 Å². The first-order chi connectivity index (χ1) is 8.31. The molecule has 0 bridgehead atoms. The minimum absolute atomic E-state index is 0.793. The van der Waals surface area contributed by atoms with Crippen molar-refractivity contribution < 1.29 is 0 Å². The van der Waals surface area contributed by atoms with Gasteiger partial charge in [0.15, 0.2) is 5.65 Å². The third kappa shape index (κ3) is 2.04. The summed E-state index contributed by atoms with van der Waals surface area (Å²) in [6.45, 7) is 2.03. The second-order valence-corrected chi connectivity index (χ2v) is 4.23. The van der Waals surface area contributed by atoms with Crippen molar-refractivity contribution in [3.8, 4) is 0 Å². The van der Waals surface area contributed by atoms with Gasteiger partial charge in [-0.05, 0) is 24.1 Å². The Morgan fingerprint density at radius 1 is 1.18 bits per heavy atom. The highest BCUT2D eigenvalue weighted by Gasteiger charge is 2.04. The van der Waals surface area contributed by atoms with Gasteiger partial charge in [0, 0.05) is 12.6 Å². The molecule has 0 atom stereocenters. The van der Waals surface area contributed by atoms with Crippen LogP contribution in [0.4, 0.5) is 0 Å². The highest BCUT2D eigenvalue weighted by molar-refractivity contribution is 5.71. The number of imidazole rings is 1. The number of hydrogen-bond acceptors (Lipinski definition) is 2.